The van der Waals surface area contributed by atoms with E-state index in [1.54, 1.807) is 36.4 Å². The summed E-state index contributed by atoms with van der Waals surface area (Å²) in [5.74, 6) is -0.446. The highest BCUT2D eigenvalue weighted by Gasteiger charge is 2.27. The van der Waals surface area contributed by atoms with E-state index >= 15 is 0 Å². The molecule has 0 aliphatic rings. The minimum absolute atomic E-state index is 0.188. The Hall–Kier alpha value is -0.290. The van der Waals surface area contributed by atoms with Gasteiger partial charge in [-0.15, -0.1) is 0 Å². The van der Waals surface area contributed by atoms with Crippen LogP contribution in [0.25, 0.3) is 0 Å². The molecule has 0 spiro atoms. The van der Waals surface area contributed by atoms with Crippen LogP contribution in [-0.2, 0) is 0 Å². The summed E-state index contributed by atoms with van der Waals surface area (Å²) in [5, 5.41) is 12.1. The predicted molar refractivity (Wildman–Crippen MR) is 92.4 cm³/mol. The highest BCUT2D eigenvalue weighted by atomic mass is 79.9. The number of aliphatic hydroxyl groups is 1. The molecule has 0 aromatic heterocycles. The fourth-order valence-corrected chi connectivity index (χ4v) is 3.51. The number of benzene rings is 2. The first-order valence-electron chi connectivity index (χ1n) is 6.22. The third-order valence-electron chi connectivity index (χ3n) is 3.28. The number of aliphatic hydroxyl groups excluding tert-OH is 1. The molecule has 2 aromatic carbocycles. The molecular formula is C15H13BrCl3NO. The van der Waals surface area contributed by atoms with Crippen molar-refractivity contribution in [1.82, 2.24) is 0 Å². The van der Waals surface area contributed by atoms with E-state index in [9.17, 15) is 5.11 Å². The van der Waals surface area contributed by atoms with E-state index in [2.05, 4.69) is 15.9 Å². The Morgan fingerprint density at radius 1 is 1.05 bits per heavy atom. The minimum atomic E-state index is -0.905. The second-order valence-electron chi connectivity index (χ2n) is 4.59. The summed E-state index contributed by atoms with van der Waals surface area (Å²) >= 11 is 22.0. The fraction of sp³-hybridized carbons (Fsp3) is 0.200. The van der Waals surface area contributed by atoms with Gasteiger partial charge in [0.15, 0.2) is 0 Å². The highest BCUT2D eigenvalue weighted by Crippen LogP contribution is 2.40. The van der Waals surface area contributed by atoms with Crippen molar-refractivity contribution in [2.75, 3.05) is 6.54 Å². The van der Waals surface area contributed by atoms with Crippen molar-refractivity contribution in [2.45, 2.75) is 12.0 Å². The lowest BCUT2D eigenvalue weighted by Gasteiger charge is -2.25. The molecule has 0 aliphatic carbocycles. The smallest absolute Gasteiger partial charge is 0.0886 e. The number of nitrogens with two attached hydrogens (primary N) is 1. The van der Waals surface area contributed by atoms with Crippen LogP contribution in [0.3, 0.4) is 0 Å². The highest BCUT2D eigenvalue weighted by molar-refractivity contribution is 9.10. The van der Waals surface area contributed by atoms with Crippen LogP contribution < -0.4 is 5.73 Å². The van der Waals surface area contributed by atoms with Crippen molar-refractivity contribution in [2.24, 2.45) is 5.73 Å². The van der Waals surface area contributed by atoms with Crippen molar-refractivity contribution in [3.8, 4) is 0 Å². The van der Waals surface area contributed by atoms with Crippen LogP contribution in [0.2, 0.25) is 15.1 Å². The molecule has 0 saturated heterocycles. The summed E-state index contributed by atoms with van der Waals surface area (Å²) in [5.41, 5.74) is 7.05. The van der Waals surface area contributed by atoms with Gasteiger partial charge in [0.05, 0.1) is 6.10 Å². The monoisotopic (exact) mass is 407 g/mol. The number of hydrogen-bond acceptors (Lipinski definition) is 2. The fourth-order valence-electron chi connectivity index (χ4n) is 2.23. The molecule has 3 N–H and O–H groups in total. The van der Waals surface area contributed by atoms with Gasteiger partial charge in [-0.3, -0.25) is 0 Å². The van der Waals surface area contributed by atoms with Crippen LogP contribution in [0.1, 0.15) is 23.1 Å². The molecule has 21 heavy (non-hydrogen) atoms. The van der Waals surface area contributed by atoms with Crippen molar-refractivity contribution in [3.05, 3.63) is 67.1 Å². The molecule has 2 aromatic rings. The van der Waals surface area contributed by atoms with Gasteiger partial charge < -0.3 is 10.8 Å². The van der Waals surface area contributed by atoms with Gasteiger partial charge in [-0.05, 0) is 35.9 Å². The summed E-state index contributed by atoms with van der Waals surface area (Å²) in [6, 6.07) is 10.5. The lowest BCUT2D eigenvalue weighted by molar-refractivity contribution is 0.147. The summed E-state index contributed by atoms with van der Waals surface area (Å²) in [6.07, 6.45) is -0.905. The molecule has 112 valence electrons. The van der Waals surface area contributed by atoms with E-state index < -0.39 is 12.0 Å². The maximum Gasteiger partial charge on any atom is 0.0886 e. The van der Waals surface area contributed by atoms with Gasteiger partial charge in [0.2, 0.25) is 0 Å². The molecule has 0 bridgehead atoms. The third-order valence-corrected chi connectivity index (χ3v) is 4.78. The predicted octanol–water partition coefficient (Wildman–Crippen LogP) is 5.19. The normalized spacial score (nSPS) is 14.0. The van der Waals surface area contributed by atoms with E-state index in [0.29, 0.717) is 26.2 Å². The molecule has 6 heteroatoms. The lowest BCUT2D eigenvalue weighted by atomic mass is 9.89. The molecule has 2 unspecified atom stereocenters. The standard InChI is InChI=1S/C15H13BrCl3NO/c16-8-4-5-11(17)9(6-8)15(21)10(7-20)14-12(18)2-1-3-13(14)19/h1-6,10,15,21H,7,20H2. The third kappa shape index (κ3) is 3.73. The molecule has 2 nitrogen and oxygen atoms in total. The molecule has 0 saturated carbocycles. The van der Waals surface area contributed by atoms with Crippen LogP contribution in [0.4, 0.5) is 0 Å². The van der Waals surface area contributed by atoms with Gasteiger partial charge in [-0.1, -0.05) is 56.8 Å². The zero-order valence-electron chi connectivity index (χ0n) is 10.9. The minimum Gasteiger partial charge on any atom is -0.388 e. The van der Waals surface area contributed by atoms with E-state index in [4.69, 9.17) is 40.5 Å². The molecule has 0 heterocycles. The number of halogens is 4. The van der Waals surface area contributed by atoms with E-state index in [-0.39, 0.29) is 6.54 Å². The zero-order valence-corrected chi connectivity index (χ0v) is 14.7. The Morgan fingerprint density at radius 3 is 2.24 bits per heavy atom. The molecule has 2 rings (SSSR count). The van der Waals surface area contributed by atoms with Gasteiger partial charge in [0.1, 0.15) is 0 Å². The molecule has 2 atom stereocenters. The van der Waals surface area contributed by atoms with Crippen LogP contribution in [0.15, 0.2) is 40.9 Å². The maximum atomic E-state index is 10.7. The average molecular weight is 410 g/mol. The zero-order chi connectivity index (χ0) is 15.6. The SMILES string of the molecule is NCC(c1c(Cl)cccc1Cl)C(O)c1cc(Br)ccc1Cl. The van der Waals surface area contributed by atoms with Crippen molar-refractivity contribution in [1.29, 1.82) is 0 Å². The molecular weight excluding hydrogens is 396 g/mol. The van der Waals surface area contributed by atoms with Gasteiger partial charge in [0.25, 0.3) is 0 Å². The second kappa shape index (κ2) is 7.32. The summed E-state index contributed by atoms with van der Waals surface area (Å²) in [7, 11) is 0. The average Bonchev–Trinajstić information content (AvgIpc) is 2.45. The van der Waals surface area contributed by atoms with Crippen molar-refractivity contribution < 1.29 is 5.11 Å². The second-order valence-corrected chi connectivity index (χ2v) is 6.73. The van der Waals surface area contributed by atoms with Gasteiger partial charge in [-0.2, -0.15) is 0 Å². The van der Waals surface area contributed by atoms with Gasteiger partial charge >= 0.3 is 0 Å². The largest absolute Gasteiger partial charge is 0.388 e. The Labute approximate surface area is 146 Å². The Morgan fingerprint density at radius 2 is 1.67 bits per heavy atom. The summed E-state index contributed by atoms with van der Waals surface area (Å²) in [6.45, 7) is 0.188. The topological polar surface area (TPSA) is 46.2 Å². The van der Waals surface area contributed by atoms with E-state index in [0.717, 1.165) is 4.47 Å². The Bertz CT molecular complexity index is 631. The van der Waals surface area contributed by atoms with Crippen molar-refractivity contribution >= 4 is 50.7 Å². The van der Waals surface area contributed by atoms with Crippen molar-refractivity contribution in [3.63, 3.8) is 0 Å². The Kier molecular flexibility index (Phi) is 5.95. The van der Waals surface area contributed by atoms with Crippen LogP contribution in [0, 0.1) is 0 Å². The van der Waals surface area contributed by atoms with Gasteiger partial charge in [0, 0.05) is 37.6 Å². The first-order chi connectivity index (χ1) is 9.95. The van der Waals surface area contributed by atoms with Crippen LogP contribution in [0.5, 0.6) is 0 Å². The molecule has 0 radical (unpaired) electrons. The first-order valence-corrected chi connectivity index (χ1v) is 8.15. The number of rotatable bonds is 4. The first kappa shape index (κ1) is 17.1. The maximum absolute atomic E-state index is 10.7. The van der Waals surface area contributed by atoms with Gasteiger partial charge in [-0.25, -0.2) is 0 Å². The van der Waals surface area contributed by atoms with Crippen LogP contribution >= 0.6 is 50.7 Å². The van der Waals surface area contributed by atoms with Crippen LogP contribution in [-0.4, -0.2) is 11.7 Å². The molecule has 0 aliphatic heterocycles. The van der Waals surface area contributed by atoms with E-state index in [1.165, 1.54) is 0 Å². The lowest BCUT2D eigenvalue weighted by Crippen LogP contribution is -2.21. The molecule has 0 fully saturated rings. The summed E-state index contributed by atoms with van der Waals surface area (Å²) in [4.78, 5) is 0. The summed E-state index contributed by atoms with van der Waals surface area (Å²) < 4.78 is 0.821. The molecule has 0 amide bonds. The Balaban J connectivity index is 2.48. The number of hydrogen-bond donors (Lipinski definition) is 2. The van der Waals surface area contributed by atoms with E-state index in [1.807, 2.05) is 0 Å². The quantitative estimate of drug-likeness (QED) is 0.730.